The molecule has 0 aromatic heterocycles. The Balaban J connectivity index is 2.29. The Bertz CT molecular complexity index is 1060. The second kappa shape index (κ2) is 9.03. The lowest BCUT2D eigenvalue weighted by Crippen LogP contribution is -2.33. The van der Waals surface area contributed by atoms with Gasteiger partial charge in [-0.05, 0) is 35.9 Å². The van der Waals surface area contributed by atoms with E-state index >= 15 is 0 Å². The van der Waals surface area contributed by atoms with Crippen molar-refractivity contribution >= 4 is 27.8 Å². The van der Waals surface area contributed by atoms with Crippen LogP contribution in [0.1, 0.15) is 15.9 Å². The molecule has 2 aromatic rings. The van der Waals surface area contributed by atoms with Crippen LogP contribution >= 0.6 is 0 Å². The first kappa shape index (κ1) is 23.0. The van der Waals surface area contributed by atoms with E-state index in [0.29, 0.717) is 5.41 Å². The van der Waals surface area contributed by atoms with Crippen molar-refractivity contribution in [1.29, 1.82) is 0 Å². The molecule has 0 amide bonds. The van der Waals surface area contributed by atoms with Crippen molar-refractivity contribution < 1.29 is 45.4 Å². The van der Waals surface area contributed by atoms with Gasteiger partial charge in [-0.25, -0.2) is 13.2 Å². The Kier molecular flexibility index (Phi) is 6.92. The average Bonchev–Trinajstić information content (AvgIpc) is 2.66. The third-order valence-corrected chi connectivity index (χ3v) is 4.54. The first-order valence-electron chi connectivity index (χ1n) is 8.01. The standard InChI is InChI=1S/C18H15F4NO6S/c1-28-14-7-6-11(10-15(14)29-18(21,22)17(19)20)8-9-30(26,27)23-13-5-3-2-4-12(13)16(24)25/h2-10,17,23H,1H3,(H,24,25)/b9-8+. The monoisotopic (exact) mass is 449 g/mol. The molecule has 0 saturated heterocycles. The Morgan fingerprint density at radius 1 is 1.17 bits per heavy atom. The summed E-state index contributed by atoms with van der Waals surface area (Å²) in [5, 5.41) is 9.73. The Morgan fingerprint density at radius 2 is 1.83 bits per heavy atom. The van der Waals surface area contributed by atoms with Crippen molar-refractivity contribution in [2.75, 3.05) is 11.8 Å². The number of carboxylic acid groups (broad SMARTS) is 1. The number of para-hydroxylation sites is 1. The van der Waals surface area contributed by atoms with Gasteiger partial charge in [-0.15, -0.1) is 0 Å². The van der Waals surface area contributed by atoms with Crippen molar-refractivity contribution in [3.05, 3.63) is 59.0 Å². The van der Waals surface area contributed by atoms with E-state index in [4.69, 9.17) is 9.84 Å². The molecule has 0 fully saturated rings. The topological polar surface area (TPSA) is 102 Å². The van der Waals surface area contributed by atoms with Crippen molar-refractivity contribution in [3.63, 3.8) is 0 Å². The lowest BCUT2D eigenvalue weighted by molar-refractivity contribution is -0.253. The summed E-state index contributed by atoms with van der Waals surface area (Å²) < 4.78 is 86.4. The fraction of sp³-hybridized carbons (Fsp3) is 0.167. The second-order valence-electron chi connectivity index (χ2n) is 5.68. The van der Waals surface area contributed by atoms with E-state index in [1.54, 1.807) is 0 Å². The summed E-state index contributed by atoms with van der Waals surface area (Å²) in [5.41, 5.74) is -0.471. The zero-order chi connectivity index (χ0) is 22.5. The minimum Gasteiger partial charge on any atom is -0.493 e. The molecule has 0 aliphatic carbocycles. The van der Waals surface area contributed by atoms with Crippen LogP contribution in [-0.2, 0) is 10.0 Å². The van der Waals surface area contributed by atoms with E-state index in [1.165, 1.54) is 30.3 Å². The highest BCUT2D eigenvalue weighted by Gasteiger charge is 2.44. The van der Waals surface area contributed by atoms with Gasteiger partial charge in [0.05, 0.1) is 23.8 Å². The van der Waals surface area contributed by atoms with Crippen LogP contribution in [0.4, 0.5) is 23.2 Å². The number of benzene rings is 2. The highest BCUT2D eigenvalue weighted by atomic mass is 32.2. The van der Waals surface area contributed by atoms with E-state index in [-0.39, 0.29) is 22.6 Å². The van der Waals surface area contributed by atoms with Crippen molar-refractivity contribution in [2.24, 2.45) is 0 Å². The molecule has 0 aliphatic heterocycles. The molecule has 0 saturated carbocycles. The van der Waals surface area contributed by atoms with Gasteiger partial charge in [-0.2, -0.15) is 17.6 Å². The van der Waals surface area contributed by atoms with Crippen LogP contribution < -0.4 is 14.2 Å². The number of ether oxygens (including phenoxy) is 2. The molecule has 2 N–H and O–H groups in total. The first-order valence-corrected chi connectivity index (χ1v) is 9.56. The number of alkyl halides is 4. The third kappa shape index (κ3) is 5.86. The number of carboxylic acids is 1. The third-order valence-electron chi connectivity index (χ3n) is 3.54. The maximum absolute atomic E-state index is 13.2. The lowest BCUT2D eigenvalue weighted by Gasteiger charge is -2.18. The Labute approximate surface area is 168 Å². The van der Waals surface area contributed by atoms with Crippen LogP contribution in [0.5, 0.6) is 11.5 Å². The number of rotatable bonds is 9. The molecule has 0 unspecified atom stereocenters. The number of aromatic carboxylic acids is 1. The van der Waals surface area contributed by atoms with Gasteiger partial charge in [0.25, 0.3) is 10.0 Å². The number of anilines is 1. The predicted molar refractivity (Wildman–Crippen MR) is 99.6 cm³/mol. The predicted octanol–water partition coefficient (Wildman–Crippen LogP) is 4.04. The normalized spacial score (nSPS) is 12.2. The molecule has 12 heteroatoms. The van der Waals surface area contributed by atoms with Crippen LogP contribution in [-0.4, -0.2) is 39.1 Å². The highest BCUT2D eigenvalue weighted by Crippen LogP contribution is 2.35. The van der Waals surface area contributed by atoms with Gasteiger partial charge in [0.15, 0.2) is 11.5 Å². The highest BCUT2D eigenvalue weighted by molar-refractivity contribution is 7.95. The van der Waals surface area contributed by atoms with Crippen LogP contribution in [0.2, 0.25) is 0 Å². The van der Waals surface area contributed by atoms with Crippen LogP contribution in [0.15, 0.2) is 47.9 Å². The Morgan fingerprint density at radius 3 is 2.43 bits per heavy atom. The van der Waals surface area contributed by atoms with Gasteiger partial charge in [0.1, 0.15) is 0 Å². The van der Waals surface area contributed by atoms with Gasteiger partial charge in [-0.1, -0.05) is 18.2 Å². The average molecular weight is 449 g/mol. The molecule has 7 nitrogen and oxygen atoms in total. The maximum atomic E-state index is 13.2. The van der Waals surface area contributed by atoms with E-state index in [1.807, 2.05) is 0 Å². The van der Waals surface area contributed by atoms with E-state index in [9.17, 15) is 30.8 Å². The van der Waals surface area contributed by atoms with Gasteiger partial charge in [-0.3, -0.25) is 4.72 Å². The molecule has 0 radical (unpaired) electrons. The molecule has 0 spiro atoms. The van der Waals surface area contributed by atoms with Crippen molar-refractivity contribution in [2.45, 2.75) is 12.5 Å². The summed E-state index contributed by atoms with van der Waals surface area (Å²) >= 11 is 0. The van der Waals surface area contributed by atoms with Gasteiger partial charge < -0.3 is 14.6 Å². The molecule has 0 aliphatic rings. The largest absolute Gasteiger partial charge is 0.493 e. The second-order valence-corrected chi connectivity index (χ2v) is 7.24. The first-order chi connectivity index (χ1) is 13.9. The van der Waals surface area contributed by atoms with E-state index in [0.717, 1.165) is 25.3 Å². The number of hydrogen-bond donors (Lipinski definition) is 2. The van der Waals surface area contributed by atoms with E-state index < -0.39 is 34.3 Å². The van der Waals surface area contributed by atoms with E-state index in [2.05, 4.69) is 9.46 Å². The van der Waals surface area contributed by atoms with Crippen LogP contribution in [0.25, 0.3) is 6.08 Å². The molecule has 30 heavy (non-hydrogen) atoms. The molecule has 0 heterocycles. The zero-order valence-corrected chi connectivity index (χ0v) is 16.0. The van der Waals surface area contributed by atoms with Gasteiger partial charge in [0.2, 0.25) is 0 Å². The Hall–Kier alpha value is -3.28. The summed E-state index contributed by atoms with van der Waals surface area (Å²) in [6.07, 6.45) is -7.91. The molecule has 0 atom stereocenters. The van der Waals surface area contributed by atoms with Crippen molar-refractivity contribution in [3.8, 4) is 11.5 Å². The molecule has 2 rings (SSSR count). The molecule has 2 aromatic carbocycles. The summed E-state index contributed by atoms with van der Waals surface area (Å²) in [4.78, 5) is 11.2. The lowest BCUT2D eigenvalue weighted by atomic mass is 10.2. The molecule has 162 valence electrons. The van der Waals surface area contributed by atoms with Crippen molar-refractivity contribution in [1.82, 2.24) is 0 Å². The maximum Gasteiger partial charge on any atom is 0.461 e. The van der Waals surface area contributed by atoms with Gasteiger partial charge in [0, 0.05) is 0 Å². The molecular formula is C18H15F4NO6S. The van der Waals surface area contributed by atoms with Crippen LogP contribution in [0.3, 0.4) is 0 Å². The number of methoxy groups -OCH3 is 1. The number of halogens is 4. The minimum atomic E-state index is -4.79. The number of hydrogen-bond acceptors (Lipinski definition) is 5. The number of carbonyl (C=O) groups is 1. The van der Waals surface area contributed by atoms with Gasteiger partial charge >= 0.3 is 18.5 Å². The zero-order valence-electron chi connectivity index (χ0n) is 15.2. The quantitative estimate of drug-likeness (QED) is 0.561. The number of sulfonamides is 1. The fourth-order valence-electron chi connectivity index (χ4n) is 2.18. The summed E-state index contributed by atoms with van der Waals surface area (Å²) in [5.74, 6) is -2.36. The molecule has 0 bridgehead atoms. The molecular weight excluding hydrogens is 434 g/mol. The SMILES string of the molecule is COc1ccc(/C=C/S(=O)(=O)Nc2ccccc2C(=O)O)cc1OC(F)(F)C(F)F. The summed E-state index contributed by atoms with van der Waals surface area (Å²) in [6.45, 7) is 0. The number of nitrogens with one attached hydrogen (secondary N) is 1. The smallest absolute Gasteiger partial charge is 0.461 e. The summed E-state index contributed by atoms with van der Waals surface area (Å²) in [7, 11) is -3.10. The minimum absolute atomic E-state index is 0.00719. The summed E-state index contributed by atoms with van der Waals surface area (Å²) in [6, 6.07) is 8.53. The fourth-order valence-corrected chi connectivity index (χ4v) is 3.07. The van der Waals surface area contributed by atoms with Crippen LogP contribution in [0, 0.1) is 0 Å².